The Morgan fingerprint density at radius 3 is 2.74 bits per heavy atom. The van der Waals surface area contributed by atoms with E-state index in [0.717, 1.165) is 19.3 Å². The molecule has 0 bridgehead atoms. The van der Waals surface area contributed by atoms with Gasteiger partial charge in [0, 0.05) is 12.6 Å². The third-order valence-electron chi connectivity index (χ3n) is 3.37. The minimum absolute atomic E-state index is 0.0490. The standard InChI is InChI=1S/C13H18FNO3S/c14-12(9-19(16,17)18)8-15-13-6-5-10-3-1-2-4-11(10)7-13/h1-4,12-13,15H,5-9H2,(H,16,17,18)/t12-,13?/m0/s1. The topological polar surface area (TPSA) is 66.4 Å². The Kier molecular flexibility index (Phi) is 4.54. The highest BCUT2D eigenvalue weighted by atomic mass is 32.2. The van der Waals surface area contributed by atoms with Crippen LogP contribution in [0.2, 0.25) is 0 Å². The van der Waals surface area contributed by atoms with E-state index < -0.39 is 22.0 Å². The van der Waals surface area contributed by atoms with E-state index >= 15 is 0 Å². The van der Waals surface area contributed by atoms with Gasteiger partial charge < -0.3 is 5.32 Å². The lowest BCUT2D eigenvalue weighted by atomic mass is 9.88. The molecule has 106 valence electrons. The van der Waals surface area contributed by atoms with Gasteiger partial charge in [-0.15, -0.1) is 0 Å². The van der Waals surface area contributed by atoms with Gasteiger partial charge in [-0.3, -0.25) is 4.55 Å². The van der Waals surface area contributed by atoms with E-state index in [1.54, 1.807) is 0 Å². The van der Waals surface area contributed by atoms with E-state index in [2.05, 4.69) is 17.4 Å². The average Bonchev–Trinajstić information content (AvgIpc) is 2.34. The molecule has 0 fully saturated rings. The number of alkyl halides is 1. The van der Waals surface area contributed by atoms with Gasteiger partial charge in [0.25, 0.3) is 10.1 Å². The first-order valence-corrected chi connectivity index (χ1v) is 7.94. The molecule has 0 spiro atoms. The van der Waals surface area contributed by atoms with E-state index in [1.807, 2.05) is 12.1 Å². The van der Waals surface area contributed by atoms with Gasteiger partial charge in [-0.2, -0.15) is 8.42 Å². The summed E-state index contributed by atoms with van der Waals surface area (Å²) in [6, 6.07) is 8.32. The molecule has 2 atom stereocenters. The third kappa shape index (κ3) is 4.56. The van der Waals surface area contributed by atoms with Crippen LogP contribution in [0.4, 0.5) is 4.39 Å². The summed E-state index contributed by atoms with van der Waals surface area (Å²) in [6.07, 6.45) is 1.11. The lowest BCUT2D eigenvalue weighted by Crippen LogP contribution is -2.39. The summed E-state index contributed by atoms with van der Waals surface area (Å²) in [5.74, 6) is -0.844. The molecule has 0 heterocycles. The van der Waals surface area contributed by atoms with Crippen LogP contribution in [0.25, 0.3) is 0 Å². The van der Waals surface area contributed by atoms with Gasteiger partial charge in [0.05, 0.1) is 0 Å². The lowest BCUT2D eigenvalue weighted by molar-refractivity contribution is 0.316. The van der Waals surface area contributed by atoms with Gasteiger partial charge in [-0.25, -0.2) is 4.39 Å². The van der Waals surface area contributed by atoms with Gasteiger partial charge >= 0.3 is 0 Å². The largest absolute Gasteiger partial charge is 0.311 e. The third-order valence-corrected chi connectivity index (χ3v) is 4.15. The molecule has 4 nitrogen and oxygen atoms in total. The average molecular weight is 287 g/mol. The van der Waals surface area contributed by atoms with Gasteiger partial charge in [-0.1, -0.05) is 24.3 Å². The number of benzene rings is 1. The smallest absolute Gasteiger partial charge is 0.267 e. The predicted octanol–water partition coefficient (Wildman–Crippen LogP) is 1.36. The van der Waals surface area contributed by atoms with Crippen LogP contribution in [0.3, 0.4) is 0 Å². The molecule has 0 saturated carbocycles. The number of hydrogen-bond donors (Lipinski definition) is 2. The minimum atomic E-state index is -4.24. The number of hydrogen-bond acceptors (Lipinski definition) is 3. The molecule has 1 aliphatic rings. The quantitative estimate of drug-likeness (QED) is 0.803. The van der Waals surface area contributed by atoms with Crippen LogP contribution < -0.4 is 5.32 Å². The summed E-state index contributed by atoms with van der Waals surface area (Å²) in [6.45, 7) is -0.0490. The zero-order chi connectivity index (χ0) is 13.9. The fourth-order valence-electron chi connectivity index (χ4n) is 2.45. The van der Waals surface area contributed by atoms with Crippen LogP contribution in [0, 0.1) is 0 Å². The molecule has 6 heteroatoms. The zero-order valence-electron chi connectivity index (χ0n) is 10.5. The van der Waals surface area contributed by atoms with Crippen LogP contribution in [0.15, 0.2) is 24.3 Å². The van der Waals surface area contributed by atoms with Crippen LogP contribution in [0.1, 0.15) is 17.5 Å². The zero-order valence-corrected chi connectivity index (χ0v) is 11.4. The molecule has 1 aromatic carbocycles. The number of fused-ring (bicyclic) bond motifs is 1. The number of aryl methyl sites for hydroxylation is 1. The van der Waals surface area contributed by atoms with Crippen molar-refractivity contribution in [2.24, 2.45) is 0 Å². The lowest BCUT2D eigenvalue weighted by Gasteiger charge is -2.26. The molecule has 1 unspecified atom stereocenters. The first kappa shape index (κ1) is 14.4. The van der Waals surface area contributed by atoms with Crippen molar-refractivity contribution in [3.63, 3.8) is 0 Å². The number of rotatable bonds is 5. The van der Waals surface area contributed by atoms with Crippen molar-refractivity contribution in [3.05, 3.63) is 35.4 Å². The van der Waals surface area contributed by atoms with Crippen molar-refractivity contribution in [2.45, 2.75) is 31.5 Å². The van der Waals surface area contributed by atoms with Crippen molar-refractivity contribution >= 4 is 10.1 Å². The Balaban J connectivity index is 1.83. The van der Waals surface area contributed by atoms with Crippen molar-refractivity contribution in [2.75, 3.05) is 12.3 Å². The Bertz CT molecular complexity index is 532. The molecular weight excluding hydrogens is 269 g/mol. The van der Waals surface area contributed by atoms with Gasteiger partial charge in [0.15, 0.2) is 0 Å². The second-order valence-corrected chi connectivity index (χ2v) is 6.46. The summed E-state index contributed by atoms with van der Waals surface area (Å²) in [7, 11) is -4.24. The Morgan fingerprint density at radius 2 is 2.05 bits per heavy atom. The van der Waals surface area contributed by atoms with Crippen LogP contribution >= 0.6 is 0 Å². The summed E-state index contributed by atoms with van der Waals surface area (Å²) in [5, 5.41) is 3.03. The monoisotopic (exact) mass is 287 g/mol. The summed E-state index contributed by atoms with van der Waals surface area (Å²) in [4.78, 5) is 0. The Hall–Kier alpha value is -0.980. The molecule has 1 aliphatic carbocycles. The predicted molar refractivity (Wildman–Crippen MR) is 71.6 cm³/mol. The normalized spacial score (nSPS) is 20.8. The van der Waals surface area contributed by atoms with Crippen molar-refractivity contribution < 1.29 is 17.4 Å². The molecule has 0 radical (unpaired) electrons. The van der Waals surface area contributed by atoms with Gasteiger partial charge in [0.1, 0.15) is 11.9 Å². The van der Waals surface area contributed by atoms with E-state index in [0.29, 0.717) is 0 Å². The van der Waals surface area contributed by atoms with Crippen LogP contribution in [0.5, 0.6) is 0 Å². The molecule has 0 aliphatic heterocycles. The Labute approximate surface area is 112 Å². The molecule has 0 aromatic heterocycles. The van der Waals surface area contributed by atoms with Crippen molar-refractivity contribution in [1.29, 1.82) is 0 Å². The summed E-state index contributed by atoms with van der Waals surface area (Å²) < 4.78 is 43.0. The molecule has 0 saturated heterocycles. The highest BCUT2D eigenvalue weighted by Crippen LogP contribution is 2.20. The van der Waals surface area contributed by atoms with Crippen LogP contribution in [-0.4, -0.2) is 37.5 Å². The highest BCUT2D eigenvalue weighted by Gasteiger charge is 2.21. The second-order valence-electron chi connectivity index (χ2n) is 4.96. The fraction of sp³-hybridized carbons (Fsp3) is 0.538. The maximum Gasteiger partial charge on any atom is 0.267 e. The van der Waals surface area contributed by atoms with E-state index in [4.69, 9.17) is 4.55 Å². The first-order valence-electron chi connectivity index (χ1n) is 6.33. The SMILES string of the molecule is O=S(=O)(O)C[C@@H](F)CNC1CCc2ccccc2C1. The molecule has 2 N–H and O–H groups in total. The maximum atomic E-state index is 13.3. The number of halogens is 1. The molecule has 0 amide bonds. The molecular formula is C13H18FNO3S. The van der Waals surface area contributed by atoms with E-state index in [9.17, 15) is 12.8 Å². The maximum absolute atomic E-state index is 13.3. The summed E-state index contributed by atoms with van der Waals surface area (Å²) >= 11 is 0. The summed E-state index contributed by atoms with van der Waals surface area (Å²) in [5.41, 5.74) is 2.59. The van der Waals surface area contributed by atoms with Crippen molar-refractivity contribution in [1.82, 2.24) is 5.32 Å². The molecule has 1 aromatic rings. The second kappa shape index (κ2) is 5.98. The van der Waals surface area contributed by atoms with Crippen molar-refractivity contribution in [3.8, 4) is 0 Å². The number of nitrogens with one attached hydrogen (secondary N) is 1. The first-order chi connectivity index (χ1) is 8.94. The van der Waals surface area contributed by atoms with Gasteiger partial charge in [0.2, 0.25) is 0 Å². The molecule has 2 rings (SSSR count). The fourth-order valence-corrected chi connectivity index (χ4v) is 3.03. The minimum Gasteiger partial charge on any atom is -0.311 e. The van der Waals surface area contributed by atoms with E-state index in [-0.39, 0.29) is 12.6 Å². The van der Waals surface area contributed by atoms with Gasteiger partial charge in [-0.05, 0) is 30.4 Å². The Morgan fingerprint density at radius 1 is 1.37 bits per heavy atom. The highest BCUT2D eigenvalue weighted by molar-refractivity contribution is 7.85. The van der Waals surface area contributed by atoms with E-state index in [1.165, 1.54) is 11.1 Å². The van der Waals surface area contributed by atoms with Crippen LogP contribution in [-0.2, 0) is 23.0 Å². The molecule has 19 heavy (non-hydrogen) atoms.